The third-order valence-corrected chi connectivity index (χ3v) is 7.25. The van der Waals surface area contributed by atoms with Crippen molar-refractivity contribution in [3.8, 4) is 0 Å². The Balaban J connectivity index is 0.000000299. The standard InChI is InChI=1S/C14H20N2.2ClH.Pt/c15-13-5-7-1-9-10-2-8(4-11(9)13)6-14(13,16)12(10)3-7;;;/h7-12,15-16H,1-6H2;2*1H;/q-2;;;+4/p-2. The zero-order valence-corrected chi connectivity index (χ0v) is 14.6. The van der Waals surface area contributed by atoms with Crippen molar-refractivity contribution in [3.05, 3.63) is 11.5 Å². The molecule has 2 N–H and O–H groups in total. The van der Waals surface area contributed by atoms with Crippen LogP contribution in [0.3, 0.4) is 0 Å². The molecule has 0 spiro atoms. The van der Waals surface area contributed by atoms with Crippen LogP contribution in [-0.2, 0) is 16.5 Å². The minimum atomic E-state index is -0.472. The van der Waals surface area contributed by atoms with Crippen LogP contribution in [0.5, 0.6) is 0 Å². The molecular formula is C14H20Cl2N2Pt. The van der Waals surface area contributed by atoms with Gasteiger partial charge in [0, 0.05) is 0 Å². The predicted molar refractivity (Wildman–Crippen MR) is 74.5 cm³/mol. The summed E-state index contributed by atoms with van der Waals surface area (Å²) < 4.78 is 0. The van der Waals surface area contributed by atoms with Crippen molar-refractivity contribution in [1.29, 1.82) is 0 Å². The molecule has 7 fully saturated rings. The Morgan fingerprint density at radius 3 is 1.53 bits per heavy atom. The molecule has 7 rings (SSSR count). The molecule has 19 heavy (non-hydrogen) atoms. The maximum atomic E-state index is 8.95. The van der Waals surface area contributed by atoms with Crippen LogP contribution in [0.1, 0.15) is 38.5 Å². The van der Waals surface area contributed by atoms with E-state index in [0.717, 1.165) is 36.5 Å². The number of rotatable bonds is 0. The maximum Gasteiger partial charge on any atom is -0.0364 e. The van der Waals surface area contributed by atoms with E-state index in [2.05, 4.69) is 0 Å². The molecular weight excluding hydrogens is 462 g/mol. The van der Waals surface area contributed by atoms with E-state index < -0.39 is 16.5 Å². The Kier molecular flexibility index (Phi) is 3.17. The van der Waals surface area contributed by atoms with Gasteiger partial charge in [0.1, 0.15) is 0 Å². The van der Waals surface area contributed by atoms with Crippen LogP contribution >= 0.6 is 18.8 Å². The van der Waals surface area contributed by atoms with Crippen LogP contribution in [0.2, 0.25) is 0 Å². The van der Waals surface area contributed by atoms with Crippen molar-refractivity contribution in [2.45, 2.75) is 49.6 Å². The van der Waals surface area contributed by atoms with E-state index in [4.69, 9.17) is 30.3 Å². The number of hydrogen-bond acceptors (Lipinski definition) is 0. The van der Waals surface area contributed by atoms with Crippen LogP contribution < -0.4 is 0 Å². The van der Waals surface area contributed by atoms with Crippen molar-refractivity contribution in [2.24, 2.45) is 35.5 Å². The average molecular weight is 482 g/mol. The first-order valence-electron chi connectivity index (χ1n) is 7.36. The monoisotopic (exact) mass is 481 g/mol. The molecule has 5 heteroatoms. The predicted octanol–water partition coefficient (Wildman–Crippen LogP) is 5.05. The fourth-order valence-corrected chi connectivity index (χ4v) is 7.01. The molecule has 0 aromatic carbocycles. The molecule has 7 saturated carbocycles. The van der Waals surface area contributed by atoms with Crippen molar-refractivity contribution >= 4 is 18.8 Å². The average Bonchev–Trinajstić information content (AvgIpc) is 2.36. The van der Waals surface area contributed by atoms with Gasteiger partial charge in [-0.15, -0.1) is 11.1 Å². The summed E-state index contributed by atoms with van der Waals surface area (Å²) in [6.07, 6.45) is 7.63. The van der Waals surface area contributed by atoms with Gasteiger partial charge < -0.3 is 11.5 Å². The number of halogens is 2. The summed E-state index contributed by atoms with van der Waals surface area (Å²) in [6, 6.07) is 0. The molecule has 7 aliphatic rings. The summed E-state index contributed by atoms with van der Waals surface area (Å²) in [5, 5.41) is 0. The fourth-order valence-electron chi connectivity index (χ4n) is 7.01. The topological polar surface area (TPSA) is 47.6 Å². The second-order valence-electron chi connectivity index (χ2n) is 7.61. The van der Waals surface area contributed by atoms with Crippen LogP contribution in [0.25, 0.3) is 11.5 Å². The first-order valence-corrected chi connectivity index (χ1v) is 13.0. The Morgan fingerprint density at radius 1 is 0.789 bits per heavy atom. The summed E-state index contributed by atoms with van der Waals surface area (Å²) in [7, 11) is 9.75. The molecule has 8 bridgehead atoms. The van der Waals surface area contributed by atoms with Gasteiger partial charge in [0.25, 0.3) is 0 Å². The van der Waals surface area contributed by atoms with Crippen molar-refractivity contribution < 1.29 is 16.5 Å². The van der Waals surface area contributed by atoms with Gasteiger partial charge in [-0.2, -0.15) is 0 Å². The normalized spacial score (nSPS) is 63.4. The van der Waals surface area contributed by atoms with E-state index in [-0.39, 0.29) is 11.1 Å². The second-order valence-corrected chi connectivity index (χ2v) is 10.9. The molecule has 0 aliphatic heterocycles. The zero-order chi connectivity index (χ0) is 13.4. The number of hydrogen-bond donors (Lipinski definition) is 0. The van der Waals surface area contributed by atoms with Gasteiger partial charge in [0.15, 0.2) is 0 Å². The SMILES string of the molecule is [Cl][Pt+2][Cl].[NH-]C12CC3CC4C5CC(CC41)CC2([NH-])C5C3. The van der Waals surface area contributed by atoms with E-state index in [1.807, 2.05) is 0 Å². The molecule has 0 aromatic rings. The number of nitrogens with one attached hydrogen (secondary N) is 2. The maximum absolute atomic E-state index is 8.95. The summed E-state index contributed by atoms with van der Waals surface area (Å²) in [6.45, 7) is 0. The van der Waals surface area contributed by atoms with Crippen LogP contribution in [0, 0.1) is 35.5 Å². The third kappa shape index (κ3) is 1.56. The van der Waals surface area contributed by atoms with Gasteiger partial charge in [-0.25, -0.2) is 0 Å². The minimum Gasteiger partial charge on any atom is -0.673 e. The Morgan fingerprint density at radius 2 is 1.16 bits per heavy atom. The van der Waals surface area contributed by atoms with Crippen LogP contribution in [0.4, 0.5) is 0 Å². The molecule has 0 radical (unpaired) electrons. The van der Waals surface area contributed by atoms with Gasteiger partial charge in [0.05, 0.1) is 0 Å². The molecule has 0 amide bonds. The smallest absolute Gasteiger partial charge is 0.0364 e. The molecule has 8 atom stereocenters. The zero-order valence-electron chi connectivity index (χ0n) is 10.8. The molecule has 0 saturated heterocycles. The van der Waals surface area contributed by atoms with Gasteiger partial charge in [-0.05, 0) is 49.4 Å². The minimum absolute atomic E-state index is 0.322. The second kappa shape index (κ2) is 4.35. The summed E-state index contributed by atoms with van der Waals surface area (Å²) >= 11 is -0.472. The molecule has 8 unspecified atom stereocenters. The first kappa shape index (κ1) is 13.8. The van der Waals surface area contributed by atoms with Crippen molar-refractivity contribution in [2.75, 3.05) is 0 Å². The van der Waals surface area contributed by atoms with E-state index in [9.17, 15) is 0 Å². The van der Waals surface area contributed by atoms with E-state index in [1.54, 1.807) is 0 Å². The van der Waals surface area contributed by atoms with Gasteiger partial charge in [0.2, 0.25) is 0 Å². The van der Waals surface area contributed by atoms with Crippen LogP contribution in [-0.4, -0.2) is 11.1 Å². The Bertz CT molecular complexity index is 373. The van der Waals surface area contributed by atoms with E-state index in [1.165, 1.54) is 25.7 Å². The van der Waals surface area contributed by atoms with Crippen molar-refractivity contribution in [1.82, 2.24) is 0 Å². The largest absolute Gasteiger partial charge is 0.673 e. The molecule has 0 aromatic heterocycles. The van der Waals surface area contributed by atoms with E-state index >= 15 is 0 Å². The Hall–Kier alpha value is 1.19. The van der Waals surface area contributed by atoms with Gasteiger partial charge in [-0.1, -0.05) is 24.7 Å². The van der Waals surface area contributed by atoms with Crippen molar-refractivity contribution in [3.63, 3.8) is 0 Å². The van der Waals surface area contributed by atoms with E-state index in [0.29, 0.717) is 11.8 Å². The van der Waals surface area contributed by atoms with Gasteiger partial charge >= 0.3 is 35.3 Å². The summed E-state index contributed by atoms with van der Waals surface area (Å²) in [4.78, 5) is 0. The first-order chi connectivity index (χ1) is 9.03. The molecule has 2 nitrogen and oxygen atoms in total. The quantitative estimate of drug-likeness (QED) is 0.464. The Labute approximate surface area is 131 Å². The fraction of sp³-hybridized carbons (Fsp3) is 1.00. The summed E-state index contributed by atoms with van der Waals surface area (Å²) in [5.41, 5.74) is 17.2. The molecule has 110 valence electrons. The van der Waals surface area contributed by atoms with Gasteiger partial charge in [-0.3, -0.25) is 0 Å². The van der Waals surface area contributed by atoms with Crippen LogP contribution in [0.15, 0.2) is 0 Å². The summed E-state index contributed by atoms with van der Waals surface area (Å²) in [5.74, 6) is 4.63. The molecule has 7 aliphatic carbocycles. The third-order valence-electron chi connectivity index (χ3n) is 7.25. The molecule has 0 heterocycles.